The molecule has 1 aliphatic heterocycles. The van der Waals surface area contributed by atoms with Crippen LogP contribution in [0.4, 0.5) is 20.2 Å². The summed E-state index contributed by atoms with van der Waals surface area (Å²) in [6.45, 7) is -4.51. The van der Waals surface area contributed by atoms with Gasteiger partial charge in [0.05, 0.1) is 21.4 Å². The van der Waals surface area contributed by atoms with Crippen molar-refractivity contribution >= 4 is 121 Å². The van der Waals surface area contributed by atoms with E-state index >= 15 is 4.39 Å². The van der Waals surface area contributed by atoms with E-state index in [0.29, 0.717) is 28.1 Å². The van der Waals surface area contributed by atoms with Crippen LogP contribution in [0.25, 0.3) is 33.4 Å². The number of ether oxygens (including phenoxy) is 2. The molecule has 0 saturated heterocycles. The van der Waals surface area contributed by atoms with Gasteiger partial charge in [0, 0.05) is 80.0 Å². The van der Waals surface area contributed by atoms with Crippen LogP contribution < -0.4 is 24.7 Å². The van der Waals surface area contributed by atoms with E-state index < -0.39 is 91.8 Å². The molecule has 1 radical (unpaired) electrons. The van der Waals surface area contributed by atoms with Crippen molar-refractivity contribution < 1.29 is 67.4 Å². The Bertz CT molecular complexity index is 2310. The number of halogens is 4. The number of nitrogens with zero attached hydrogens (tertiary/aromatic N) is 2. The number of aromatic hydroxyl groups is 1. The molecule has 3 aromatic carbocycles. The van der Waals surface area contributed by atoms with Crippen LogP contribution in [0.2, 0.25) is 10.0 Å². The number of rotatable bonds is 16. The van der Waals surface area contributed by atoms with Gasteiger partial charge >= 0.3 is 23.9 Å². The second-order valence-electron chi connectivity index (χ2n) is 11.4. The van der Waals surface area contributed by atoms with Crippen LogP contribution in [0.1, 0.15) is 0 Å². The summed E-state index contributed by atoms with van der Waals surface area (Å²) in [6, 6.07) is 10.9. The minimum Gasteiger partial charge on any atom is -0.506 e. The van der Waals surface area contributed by atoms with Gasteiger partial charge in [0.25, 0.3) is 0 Å². The first-order valence-electron chi connectivity index (χ1n) is 15.4. The van der Waals surface area contributed by atoms with E-state index in [0.717, 1.165) is 21.9 Å². The van der Waals surface area contributed by atoms with Gasteiger partial charge < -0.3 is 49.2 Å². The fraction of sp³-hybridized carbons (Fsp3) is 0.171. The maximum Gasteiger partial charge on any atom is 0.323 e. The maximum atomic E-state index is 15.0. The van der Waals surface area contributed by atoms with E-state index in [1.165, 1.54) is 36.4 Å². The van der Waals surface area contributed by atoms with Crippen LogP contribution in [-0.2, 0) is 19.2 Å². The third kappa shape index (κ3) is 10.1. The Morgan fingerprint density at radius 1 is 0.727 bits per heavy atom. The molecule has 55 heavy (non-hydrogen) atoms. The Balaban J connectivity index is 0.00000673. The minimum atomic E-state index is -1.55. The van der Waals surface area contributed by atoms with Crippen LogP contribution in [-0.4, -0.2) is 140 Å². The van der Waals surface area contributed by atoms with E-state index in [4.69, 9.17) is 37.1 Å². The summed E-state index contributed by atoms with van der Waals surface area (Å²) in [7, 11) is 0. The van der Waals surface area contributed by atoms with Crippen LogP contribution >= 0.6 is 23.2 Å². The van der Waals surface area contributed by atoms with Crippen molar-refractivity contribution in [2.75, 3.05) is 49.2 Å². The third-order valence-electron chi connectivity index (χ3n) is 7.69. The van der Waals surface area contributed by atoms with Crippen LogP contribution in [0.15, 0.2) is 63.8 Å². The second kappa shape index (κ2) is 18.3. The van der Waals surface area contributed by atoms with Gasteiger partial charge in [-0.2, -0.15) is 4.39 Å². The Morgan fingerprint density at radius 3 is 1.89 bits per heavy atom. The summed E-state index contributed by atoms with van der Waals surface area (Å²) in [5.74, 6) is -9.92. The first-order valence-corrected chi connectivity index (χ1v) is 16.1. The van der Waals surface area contributed by atoms with Crippen LogP contribution in [0.3, 0.4) is 0 Å². The summed E-state index contributed by atoms with van der Waals surface area (Å²) in [6.07, 6.45) is 0. The van der Waals surface area contributed by atoms with E-state index in [1.807, 2.05) is 0 Å². The molecule has 5 rings (SSSR count). The fourth-order valence-corrected chi connectivity index (χ4v) is 5.89. The van der Waals surface area contributed by atoms with Gasteiger partial charge in [-0.05, 0) is 42.0 Å². The Kier molecular flexibility index (Phi) is 14.3. The van der Waals surface area contributed by atoms with Crippen molar-refractivity contribution in [2.24, 2.45) is 0 Å². The van der Waals surface area contributed by atoms with Crippen molar-refractivity contribution in [2.45, 2.75) is 0 Å². The zero-order chi connectivity index (χ0) is 39.4. The van der Waals surface area contributed by atoms with E-state index in [9.17, 15) is 53.9 Å². The zero-order valence-electron chi connectivity index (χ0n) is 28.3. The first kappa shape index (κ1) is 43.0. The van der Waals surface area contributed by atoms with Crippen LogP contribution in [0.5, 0.6) is 17.2 Å². The van der Waals surface area contributed by atoms with Gasteiger partial charge in [0.2, 0.25) is 11.2 Å². The van der Waals surface area contributed by atoms with Crippen molar-refractivity contribution in [3.05, 3.63) is 86.5 Å². The summed E-state index contributed by atoms with van der Waals surface area (Å²) >= 11 is 12.4. The molecule has 15 nitrogen and oxygen atoms in total. The first-order chi connectivity index (χ1) is 25.5. The predicted octanol–water partition coefficient (Wildman–Crippen LogP) is 4.88. The number of carbonyl (C=O) groups is 4. The fourth-order valence-electron chi connectivity index (χ4n) is 5.57. The molecule has 1 heterocycles. The van der Waals surface area contributed by atoms with Crippen molar-refractivity contribution in [1.29, 1.82) is 0 Å². The molecule has 0 spiro atoms. The zero-order valence-corrected chi connectivity index (χ0v) is 33.0. The van der Waals surface area contributed by atoms with Crippen molar-refractivity contribution in [3.63, 3.8) is 0 Å². The predicted molar refractivity (Wildman–Crippen MR) is 194 cm³/mol. The van der Waals surface area contributed by atoms with Gasteiger partial charge in [-0.3, -0.25) is 24.0 Å². The van der Waals surface area contributed by atoms with Crippen molar-refractivity contribution in [3.8, 4) is 39.7 Å². The average molecular weight is 831 g/mol. The van der Waals surface area contributed by atoms with Gasteiger partial charge in [-0.25, -0.2) is 4.39 Å². The molecule has 0 amide bonds. The maximum absolute atomic E-state index is 15.0. The van der Waals surface area contributed by atoms with E-state index in [1.54, 1.807) is 0 Å². The van der Waals surface area contributed by atoms with Gasteiger partial charge in [-0.1, -0.05) is 29.3 Å². The Hall–Kier alpha value is -4.69. The van der Waals surface area contributed by atoms with E-state index in [-0.39, 0.29) is 90.0 Å². The number of hydrogen-bond donors (Lipinski definition) is 5. The van der Waals surface area contributed by atoms with Gasteiger partial charge in [0.1, 0.15) is 62.2 Å². The molecule has 0 saturated carbocycles. The molecule has 3 aromatic rings. The number of carboxylic acids is 4. The van der Waals surface area contributed by atoms with Crippen molar-refractivity contribution in [1.82, 2.24) is 0 Å². The number of aliphatic carboxylic acids is 4. The molecule has 0 bridgehead atoms. The van der Waals surface area contributed by atoms with E-state index in [2.05, 4.69) is 0 Å². The number of anilines is 2. The Labute approximate surface area is 360 Å². The van der Waals surface area contributed by atoms with Gasteiger partial charge in [0.15, 0.2) is 11.6 Å². The summed E-state index contributed by atoms with van der Waals surface area (Å²) in [5.41, 5.74) is 0.0274. The molecular weight excluding hydrogens is 804 g/mol. The number of carboxylic acid groups (broad SMARTS) is 4. The third-order valence-corrected chi connectivity index (χ3v) is 8.29. The summed E-state index contributed by atoms with van der Waals surface area (Å²) in [5, 5.41) is 48.1. The smallest absolute Gasteiger partial charge is 0.323 e. The minimum absolute atomic E-state index is 0. The molecular formula is C35H26Cl2F2KN2O13. The van der Waals surface area contributed by atoms with Gasteiger partial charge in [-0.15, -0.1) is 0 Å². The molecule has 0 atom stereocenters. The SMILES string of the molecule is O=C(O)CN(CC(=O)O)c1ccc(-c2c3cc(Cl)c(=O)cc-3oc3cc(O)c(Cl)cc23)cc1OCCOc1c(N(CC(=O)O)CC(=O)O)ccc(F)c1F.[K]. The topological polar surface area (TPSA) is 225 Å². The summed E-state index contributed by atoms with van der Waals surface area (Å²) in [4.78, 5) is 60.5. The molecule has 5 N–H and O–H groups in total. The largest absolute Gasteiger partial charge is 0.506 e. The Morgan fingerprint density at radius 2 is 1.29 bits per heavy atom. The number of phenols is 1. The summed E-state index contributed by atoms with van der Waals surface area (Å²) < 4.78 is 46.6. The number of phenolic OH excluding ortho intramolecular Hbond substituents is 1. The average Bonchev–Trinajstić information content (AvgIpc) is 3.07. The standard InChI is InChI=1S/C35H26Cl2F2N2O13.K/c36-19-8-17-26(10-24(19)42)54-27-11-25(43)20(37)9-18(27)33(17)16-1-3-22(40(12-29(44)45)13-30(46)47)28(7-16)52-5-6-53-35-23(4-2-21(38)34(35)39)41(14-31(48)49)15-32(50)51;/h1-4,7-11,42H,5-6,12-15H2,(H,44,45)(H,46,47)(H,48,49)(H,50,51);. The monoisotopic (exact) mass is 829 g/mol. The normalized spacial score (nSPS) is 10.8. The molecule has 283 valence electrons. The molecule has 20 heteroatoms. The number of fused-ring (bicyclic) bond motifs is 2. The molecule has 0 fully saturated rings. The molecule has 0 unspecified atom stereocenters. The van der Waals surface area contributed by atoms with Crippen LogP contribution in [0, 0.1) is 11.6 Å². The quantitative estimate of drug-likeness (QED) is 0.0508. The number of hydrogen-bond acceptors (Lipinski definition) is 11. The number of benzene rings is 4. The second-order valence-corrected chi connectivity index (χ2v) is 12.2. The molecule has 1 aliphatic carbocycles. The molecule has 0 aromatic heterocycles. The molecule has 2 aliphatic rings.